The first-order chi connectivity index (χ1) is 8.77. The number of carbonyl (C=O) groups is 1. The quantitative estimate of drug-likeness (QED) is 0.361. The van der Waals surface area contributed by atoms with Crippen molar-refractivity contribution in [3.8, 4) is 5.75 Å². The number of nitrogens with one attached hydrogen (secondary N) is 1. The summed E-state index contributed by atoms with van der Waals surface area (Å²) in [4.78, 5) is 21.0. The van der Waals surface area contributed by atoms with Crippen molar-refractivity contribution in [3.05, 3.63) is 34.1 Å². The lowest BCUT2D eigenvalue weighted by atomic mass is 9.94. The first kappa shape index (κ1) is 14.8. The molecule has 0 unspecified atom stereocenters. The maximum Gasteiger partial charge on any atom is 0.305 e. The summed E-state index contributed by atoms with van der Waals surface area (Å²) in [5.74, 6) is 3.68. The molecule has 0 aromatic heterocycles. The molecule has 0 spiro atoms. The Labute approximate surface area is 108 Å². The van der Waals surface area contributed by atoms with Crippen LogP contribution in [0, 0.1) is 21.3 Å². The fourth-order valence-electron chi connectivity index (χ4n) is 1.25. The van der Waals surface area contributed by atoms with Crippen LogP contribution in [0.15, 0.2) is 18.2 Å². The predicted octanol–water partition coefficient (Wildman–Crippen LogP) is 1.13. The average Bonchev–Trinajstić information content (AvgIpc) is 2.35. The van der Waals surface area contributed by atoms with Crippen molar-refractivity contribution in [1.82, 2.24) is 5.43 Å². The Kier molecular flexibility index (Phi) is 4.38. The van der Waals surface area contributed by atoms with Gasteiger partial charge in [-0.15, -0.1) is 0 Å². The van der Waals surface area contributed by atoms with Gasteiger partial charge in [0, 0.05) is 12.1 Å². The number of amides is 1. The summed E-state index contributed by atoms with van der Waals surface area (Å²) < 4.78 is 18.6. The van der Waals surface area contributed by atoms with E-state index in [0.717, 1.165) is 12.1 Å². The second-order valence-corrected chi connectivity index (χ2v) is 4.52. The molecule has 0 saturated carbocycles. The van der Waals surface area contributed by atoms with Crippen LogP contribution in [0.5, 0.6) is 5.75 Å². The minimum Gasteiger partial charge on any atom is -0.492 e. The Balaban J connectivity index is 2.77. The number of benzene rings is 1. The van der Waals surface area contributed by atoms with Crippen LogP contribution in [0.1, 0.15) is 13.8 Å². The van der Waals surface area contributed by atoms with E-state index in [2.05, 4.69) is 0 Å². The monoisotopic (exact) mass is 271 g/mol. The van der Waals surface area contributed by atoms with E-state index in [0.29, 0.717) is 0 Å². The van der Waals surface area contributed by atoms with Gasteiger partial charge in [-0.2, -0.15) is 4.39 Å². The van der Waals surface area contributed by atoms with Crippen LogP contribution in [0.3, 0.4) is 0 Å². The number of nitrogens with two attached hydrogens (primary N) is 1. The summed E-state index contributed by atoms with van der Waals surface area (Å²) in [5.41, 5.74) is 0.452. The lowest BCUT2D eigenvalue weighted by Gasteiger charge is -2.22. The van der Waals surface area contributed by atoms with Crippen molar-refractivity contribution in [3.63, 3.8) is 0 Å². The molecule has 104 valence electrons. The molecule has 8 heteroatoms. The van der Waals surface area contributed by atoms with Crippen molar-refractivity contribution in [2.24, 2.45) is 11.3 Å². The second-order valence-electron chi connectivity index (χ2n) is 4.52. The third-order valence-electron chi connectivity index (χ3n) is 2.46. The molecule has 0 atom stereocenters. The standard InChI is InChI=1S/C11H14FN3O4/c1-11(2,10(16)14-13)6-19-7-3-4-9(15(17)18)8(12)5-7/h3-5H,6,13H2,1-2H3,(H,14,16). The number of nitrogens with zero attached hydrogens (tertiary/aromatic N) is 1. The number of halogens is 1. The highest BCUT2D eigenvalue weighted by molar-refractivity contribution is 5.81. The Morgan fingerprint density at radius 1 is 1.58 bits per heavy atom. The number of hydrazine groups is 1. The summed E-state index contributed by atoms with van der Waals surface area (Å²) in [6, 6.07) is 3.16. The maximum atomic E-state index is 13.3. The molecule has 0 bridgehead atoms. The zero-order chi connectivity index (χ0) is 14.6. The highest BCUT2D eigenvalue weighted by Crippen LogP contribution is 2.24. The van der Waals surface area contributed by atoms with Gasteiger partial charge in [-0.25, -0.2) is 5.84 Å². The van der Waals surface area contributed by atoms with Crippen LogP contribution in [-0.2, 0) is 4.79 Å². The van der Waals surface area contributed by atoms with Gasteiger partial charge in [-0.05, 0) is 19.9 Å². The molecule has 19 heavy (non-hydrogen) atoms. The van der Waals surface area contributed by atoms with Gasteiger partial charge in [0.2, 0.25) is 11.7 Å². The molecule has 0 radical (unpaired) electrons. The summed E-state index contributed by atoms with van der Waals surface area (Å²) in [5, 5.41) is 10.4. The van der Waals surface area contributed by atoms with Gasteiger partial charge in [0.05, 0.1) is 10.3 Å². The van der Waals surface area contributed by atoms with Crippen molar-refractivity contribution >= 4 is 11.6 Å². The molecule has 7 nitrogen and oxygen atoms in total. The summed E-state index contributed by atoms with van der Waals surface area (Å²) in [6.07, 6.45) is 0. The molecule has 0 aliphatic rings. The summed E-state index contributed by atoms with van der Waals surface area (Å²) >= 11 is 0. The van der Waals surface area contributed by atoms with Crippen LogP contribution in [0.2, 0.25) is 0 Å². The zero-order valence-electron chi connectivity index (χ0n) is 10.5. The fraction of sp³-hybridized carbons (Fsp3) is 0.364. The normalized spacial score (nSPS) is 10.9. The van der Waals surface area contributed by atoms with Gasteiger partial charge in [-0.1, -0.05) is 0 Å². The van der Waals surface area contributed by atoms with E-state index >= 15 is 0 Å². The van der Waals surface area contributed by atoms with Crippen LogP contribution < -0.4 is 16.0 Å². The molecule has 0 saturated heterocycles. The Hall–Kier alpha value is -2.22. The van der Waals surface area contributed by atoms with Crippen LogP contribution in [-0.4, -0.2) is 17.4 Å². The van der Waals surface area contributed by atoms with Gasteiger partial charge in [0.25, 0.3) is 0 Å². The lowest BCUT2D eigenvalue weighted by molar-refractivity contribution is -0.387. The van der Waals surface area contributed by atoms with E-state index in [1.807, 2.05) is 5.43 Å². The Morgan fingerprint density at radius 2 is 2.21 bits per heavy atom. The second kappa shape index (κ2) is 5.61. The first-order valence-corrected chi connectivity index (χ1v) is 5.35. The zero-order valence-corrected chi connectivity index (χ0v) is 10.5. The molecule has 0 aliphatic heterocycles. The largest absolute Gasteiger partial charge is 0.492 e. The highest BCUT2D eigenvalue weighted by atomic mass is 19.1. The van der Waals surface area contributed by atoms with Crippen molar-refractivity contribution in [1.29, 1.82) is 0 Å². The topological polar surface area (TPSA) is 107 Å². The minimum atomic E-state index is -0.997. The molecule has 0 heterocycles. The smallest absolute Gasteiger partial charge is 0.305 e. The van der Waals surface area contributed by atoms with E-state index in [1.165, 1.54) is 6.07 Å². The highest BCUT2D eigenvalue weighted by Gasteiger charge is 2.28. The molecule has 0 aliphatic carbocycles. The van der Waals surface area contributed by atoms with E-state index in [9.17, 15) is 19.3 Å². The minimum absolute atomic E-state index is 0.0483. The molecule has 1 aromatic rings. The first-order valence-electron chi connectivity index (χ1n) is 5.35. The lowest BCUT2D eigenvalue weighted by Crippen LogP contribution is -2.44. The average molecular weight is 271 g/mol. The van der Waals surface area contributed by atoms with Crippen molar-refractivity contribution in [2.45, 2.75) is 13.8 Å². The third kappa shape index (κ3) is 3.62. The van der Waals surface area contributed by atoms with Gasteiger partial charge < -0.3 is 4.74 Å². The molecular weight excluding hydrogens is 257 g/mol. The van der Waals surface area contributed by atoms with Crippen molar-refractivity contribution in [2.75, 3.05) is 6.61 Å². The van der Waals surface area contributed by atoms with Gasteiger partial charge in [0.1, 0.15) is 12.4 Å². The Bertz CT molecular complexity index is 505. The molecule has 0 fully saturated rings. The number of rotatable bonds is 5. The van der Waals surface area contributed by atoms with E-state index in [4.69, 9.17) is 10.6 Å². The number of carbonyl (C=O) groups excluding carboxylic acids is 1. The molecule has 1 aromatic carbocycles. The van der Waals surface area contributed by atoms with E-state index < -0.39 is 27.8 Å². The fourth-order valence-corrected chi connectivity index (χ4v) is 1.25. The molecule has 1 amide bonds. The Morgan fingerprint density at radius 3 is 2.68 bits per heavy atom. The number of nitro benzene ring substituents is 1. The summed E-state index contributed by atoms with van der Waals surface area (Å²) in [7, 11) is 0. The van der Waals surface area contributed by atoms with Crippen LogP contribution in [0.4, 0.5) is 10.1 Å². The van der Waals surface area contributed by atoms with Crippen LogP contribution in [0.25, 0.3) is 0 Å². The SMILES string of the molecule is CC(C)(COc1ccc([N+](=O)[O-])c(F)c1)C(=O)NN. The summed E-state index contributed by atoms with van der Waals surface area (Å²) in [6.45, 7) is 3.14. The van der Waals surface area contributed by atoms with Crippen LogP contribution >= 0.6 is 0 Å². The molecular formula is C11H14FN3O4. The molecule has 3 N–H and O–H groups in total. The predicted molar refractivity (Wildman–Crippen MR) is 64.7 cm³/mol. The van der Waals surface area contributed by atoms with E-state index in [1.54, 1.807) is 13.8 Å². The number of ether oxygens (including phenoxy) is 1. The van der Waals surface area contributed by atoms with Gasteiger partial charge in [0.15, 0.2) is 0 Å². The van der Waals surface area contributed by atoms with Gasteiger partial charge in [-0.3, -0.25) is 20.3 Å². The number of hydrogen-bond acceptors (Lipinski definition) is 5. The van der Waals surface area contributed by atoms with E-state index in [-0.39, 0.29) is 12.4 Å². The van der Waals surface area contributed by atoms with Crippen molar-refractivity contribution < 1.29 is 18.8 Å². The number of hydrogen-bond donors (Lipinski definition) is 2. The molecule has 1 rings (SSSR count). The maximum absolute atomic E-state index is 13.3. The number of nitro groups is 1. The third-order valence-corrected chi connectivity index (χ3v) is 2.46. The van der Waals surface area contributed by atoms with Gasteiger partial charge >= 0.3 is 5.69 Å².